The number of nitro groups is 1. The van der Waals surface area contributed by atoms with E-state index in [4.69, 9.17) is 4.42 Å². The highest BCUT2D eigenvalue weighted by Gasteiger charge is 2.22. The molecule has 2 aromatic rings. The van der Waals surface area contributed by atoms with Crippen molar-refractivity contribution in [2.24, 2.45) is 0 Å². The summed E-state index contributed by atoms with van der Waals surface area (Å²) in [7, 11) is -2.29. The molecule has 0 radical (unpaired) electrons. The van der Waals surface area contributed by atoms with Gasteiger partial charge in [-0.2, -0.15) is 4.31 Å². The van der Waals surface area contributed by atoms with Gasteiger partial charge in [0.2, 0.25) is 10.0 Å². The van der Waals surface area contributed by atoms with Crippen molar-refractivity contribution in [2.45, 2.75) is 11.4 Å². The summed E-state index contributed by atoms with van der Waals surface area (Å²) < 4.78 is 30.7. The van der Waals surface area contributed by atoms with Gasteiger partial charge in [0, 0.05) is 19.2 Å². The predicted octanol–water partition coefficient (Wildman–Crippen LogP) is 2.01. The van der Waals surface area contributed by atoms with Crippen molar-refractivity contribution in [3.8, 4) is 0 Å². The molecule has 0 fully saturated rings. The second kappa shape index (κ2) is 5.43. The third-order valence-electron chi connectivity index (χ3n) is 2.71. The van der Waals surface area contributed by atoms with Gasteiger partial charge in [-0.15, -0.1) is 0 Å². The van der Waals surface area contributed by atoms with Crippen LogP contribution in [0.2, 0.25) is 0 Å². The maximum Gasteiger partial charge on any atom is 0.269 e. The molecule has 0 atom stereocenters. The summed E-state index contributed by atoms with van der Waals surface area (Å²) in [6, 6.07) is 8.09. The first-order chi connectivity index (χ1) is 9.41. The lowest BCUT2D eigenvalue weighted by atomic mass is 10.3. The highest BCUT2D eigenvalue weighted by atomic mass is 32.2. The molecule has 0 saturated heterocycles. The van der Waals surface area contributed by atoms with Gasteiger partial charge in [0.25, 0.3) is 5.69 Å². The quantitative estimate of drug-likeness (QED) is 0.621. The van der Waals surface area contributed by atoms with Crippen molar-refractivity contribution >= 4 is 15.7 Å². The largest absolute Gasteiger partial charge is 0.468 e. The number of sulfonamides is 1. The number of furan rings is 1. The Hall–Kier alpha value is -2.19. The standard InChI is InChI=1S/C12H12N2O5S/c1-13(9-11-3-2-8-19-11)20(17,18)12-6-4-10(5-7-12)14(15)16/h2-8H,9H2,1H3. The number of nitro benzene ring substituents is 1. The van der Waals surface area contributed by atoms with E-state index < -0.39 is 14.9 Å². The molecular formula is C12H12N2O5S. The Morgan fingerprint density at radius 2 is 1.90 bits per heavy atom. The van der Waals surface area contributed by atoms with Crippen molar-refractivity contribution in [1.29, 1.82) is 0 Å². The maximum absolute atomic E-state index is 12.3. The number of rotatable bonds is 5. The molecule has 1 aromatic carbocycles. The average molecular weight is 296 g/mol. The topological polar surface area (TPSA) is 93.7 Å². The highest BCUT2D eigenvalue weighted by molar-refractivity contribution is 7.89. The lowest BCUT2D eigenvalue weighted by molar-refractivity contribution is -0.384. The number of hydrogen-bond acceptors (Lipinski definition) is 5. The average Bonchev–Trinajstić information content (AvgIpc) is 2.91. The zero-order chi connectivity index (χ0) is 14.8. The molecule has 0 N–H and O–H groups in total. The van der Waals surface area contributed by atoms with Crippen LogP contribution < -0.4 is 0 Å². The molecule has 0 bridgehead atoms. The highest BCUT2D eigenvalue weighted by Crippen LogP contribution is 2.20. The van der Waals surface area contributed by atoms with Crippen LogP contribution in [0.25, 0.3) is 0 Å². The Morgan fingerprint density at radius 3 is 2.40 bits per heavy atom. The molecule has 0 unspecified atom stereocenters. The molecule has 7 nitrogen and oxygen atoms in total. The smallest absolute Gasteiger partial charge is 0.269 e. The number of non-ortho nitro benzene ring substituents is 1. The third kappa shape index (κ3) is 2.86. The van der Waals surface area contributed by atoms with Crippen LogP contribution in [0.15, 0.2) is 52.0 Å². The summed E-state index contributed by atoms with van der Waals surface area (Å²) in [5.41, 5.74) is -0.155. The van der Waals surface area contributed by atoms with Crippen molar-refractivity contribution in [3.05, 3.63) is 58.5 Å². The van der Waals surface area contributed by atoms with E-state index in [-0.39, 0.29) is 17.1 Å². The molecule has 1 heterocycles. The molecule has 106 valence electrons. The zero-order valence-electron chi connectivity index (χ0n) is 10.6. The summed E-state index contributed by atoms with van der Waals surface area (Å²) in [5.74, 6) is 0.512. The molecule has 2 rings (SSSR count). The first-order valence-corrected chi connectivity index (χ1v) is 7.08. The van der Waals surface area contributed by atoms with Crippen molar-refractivity contribution in [2.75, 3.05) is 7.05 Å². The SMILES string of the molecule is CN(Cc1ccco1)S(=O)(=O)c1ccc([N+](=O)[O-])cc1. The van der Waals surface area contributed by atoms with E-state index in [1.54, 1.807) is 12.1 Å². The molecule has 0 saturated carbocycles. The number of benzene rings is 1. The van der Waals surface area contributed by atoms with Gasteiger partial charge < -0.3 is 4.42 Å². The summed E-state index contributed by atoms with van der Waals surface area (Å²) >= 11 is 0. The minimum atomic E-state index is -3.71. The van der Waals surface area contributed by atoms with Crippen LogP contribution in [0.3, 0.4) is 0 Å². The monoisotopic (exact) mass is 296 g/mol. The van der Waals surface area contributed by atoms with Gasteiger partial charge in [0.15, 0.2) is 0 Å². The van der Waals surface area contributed by atoms with E-state index >= 15 is 0 Å². The fourth-order valence-corrected chi connectivity index (χ4v) is 2.76. The van der Waals surface area contributed by atoms with E-state index in [0.717, 1.165) is 16.4 Å². The van der Waals surface area contributed by atoms with Crippen LogP contribution in [-0.4, -0.2) is 24.7 Å². The second-order valence-corrected chi connectivity index (χ2v) is 6.14. The number of hydrogen-bond donors (Lipinski definition) is 0. The first-order valence-electron chi connectivity index (χ1n) is 5.64. The summed E-state index contributed by atoms with van der Waals surface area (Å²) in [4.78, 5) is 9.96. The van der Waals surface area contributed by atoms with E-state index in [0.29, 0.717) is 5.76 Å². The minimum absolute atomic E-state index is 0.00263. The first kappa shape index (κ1) is 14.2. The van der Waals surface area contributed by atoms with Crippen LogP contribution in [0.4, 0.5) is 5.69 Å². The van der Waals surface area contributed by atoms with Gasteiger partial charge in [-0.1, -0.05) is 0 Å². The lowest BCUT2D eigenvalue weighted by Gasteiger charge is -2.15. The normalized spacial score (nSPS) is 11.7. The van der Waals surface area contributed by atoms with Gasteiger partial charge in [-0.05, 0) is 24.3 Å². The van der Waals surface area contributed by atoms with Gasteiger partial charge in [-0.3, -0.25) is 10.1 Å². The molecule has 0 amide bonds. The summed E-state index contributed by atoms with van der Waals surface area (Å²) in [6.45, 7) is 0.0896. The molecule has 0 aliphatic rings. The summed E-state index contributed by atoms with van der Waals surface area (Å²) in [5, 5.41) is 10.5. The van der Waals surface area contributed by atoms with E-state index in [1.165, 1.54) is 25.4 Å². The van der Waals surface area contributed by atoms with Crippen molar-refractivity contribution < 1.29 is 17.8 Å². The Balaban J connectivity index is 2.23. The zero-order valence-corrected chi connectivity index (χ0v) is 11.4. The Kier molecular flexibility index (Phi) is 3.86. The van der Waals surface area contributed by atoms with Gasteiger partial charge >= 0.3 is 0 Å². The Morgan fingerprint density at radius 1 is 1.25 bits per heavy atom. The van der Waals surface area contributed by atoms with Crippen LogP contribution in [0.5, 0.6) is 0 Å². The molecule has 0 aliphatic heterocycles. The van der Waals surface area contributed by atoms with Gasteiger partial charge in [0.1, 0.15) is 5.76 Å². The fourth-order valence-electron chi connectivity index (χ4n) is 1.63. The molecule has 0 aliphatic carbocycles. The third-order valence-corrected chi connectivity index (χ3v) is 4.53. The Bertz CT molecular complexity index is 692. The van der Waals surface area contributed by atoms with E-state index in [9.17, 15) is 18.5 Å². The van der Waals surface area contributed by atoms with Crippen molar-refractivity contribution in [1.82, 2.24) is 4.31 Å². The van der Waals surface area contributed by atoms with Crippen molar-refractivity contribution in [3.63, 3.8) is 0 Å². The van der Waals surface area contributed by atoms with E-state index in [2.05, 4.69) is 0 Å². The van der Waals surface area contributed by atoms with Gasteiger partial charge in [0.05, 0.1) is 22.6 Å². The second-order valence-electron chi connectivity index (χ2n) is 4.09. The summed E-state index contributed by atoms with van der Waals surface area (Å²) in [6.07, 6.45) is 1.46. The molecule has 8 heteroatoms. The minimum Gasteiger partial charge on any atom is -0.468 e. The molecular weight excluding hydrogens is 284 g/mol. The van der Waals surface area contributed by atoms with E-state index in [1.807, 2.05) is 0 Å². The molecule has 0 spiro atoms. The lowest BCUT2D eigenvalue weighted by Crippen LogP contribution is -2.26. The predicted molar refractivity (Wildman–Crippen MR) is 70.5 cm³/mol. The van der Waals surface area contributed by atoms with Crippen LogP contribution in [-0.2, 0) is 16.6 Å². The molecule has 20 heavy (non-hydrogen) atoms. The fraction of sp³-hybridized carbons (Fsp3) is 0.167. The number of nitrogens with zero attached hydrogens (tertiary/aromatic N) is 2. The molecule has 1 aromatic heterocycles. The van der Waals surface area contributed by atoms with Crippen LogP contribution in [0.1, 0.15) is 5.76 Å². The Labute approximate surface area is 115 Å². The van der Waals surface area contributed by atoms with Gasteiger partial charge in [-0.25, -0.2) is 8.42 Å². The maximum atomic E-state index is 12.3. The van der Waals surface area contributed by atoms with Crippen LogP contribution >= 0.6 is 0 Å². The van der Waals surface area contributed by atoms with Crippen LogP contribution in [0, 0.1) is 10.1 Å².